The smallest absolute Gasteiger partial charge is 0.243 e. The van der Waals surface area contributed by atoms with Crippen LogP contribution in [0.4, 0.5) is 0 Å². The van der Waals surface area contributed by atoms with Crippen molar-refractivity contribution in [1.82, 2.24) is 10.2 Å². The first-order chi connectivity index (χ1) is 14.5. The van der Waals surface area contributed by atoms with Crippen LogP contribution >= 0.6 is 0 Å². The fraction of sp³-hybridized carbons (Fsp3) is 0.440. The summed E-state index contributed by atoms with van der Waals surface area (Å²) < 4.78 is 5.85. The molecule has 2 aliphatic rings. The van der Waals surface area contributed by atoms with Gasteiger partial charge in [-0.1, -0.05) is 56.3 Å². The molecule has 1 N–H and O–H groups in total. The molecular weight excluding hydrogens is 376 g/mol. The molecule has 0 fully saturated rings. The van der Waals surface area contributed by atoms with Crippen LogP contribution < -0.4 is 10.1 Å². The molecule has 0 saturated carbocycles. The van der Waals surface area contributed by atoms with E-state index in [0.29, 0.717) is 32.5 Å². The summed E-state index contributed by atoms with van der Waals surface area (Å²) >= 11 is 0. The van der Waals surface area contributed by atoms with E-state index in [9.17, 15) is 9.59 Å². The number of hydrogen-bond acceptors (Lipinski definition) is 3. The molecule has 0 radical (unpaired) electrons. The summed E-state index contributed by atoms with van der Waals surface area (Å²) in [7, 11) is 0. The zero-order chi connectivity index (χ0) is 21.1. The van der Waals surface area contributed by atoms with Crippen LogP contribution in [0.5, 0.6) is 5.75 Å². The van der Waals surface area contributed by atoms with Gasteiger partial charge in [-0.25, -0.2) is 0 Å². The van der Waals surface area contributed by atoms with E-state index in [1.807, 2.05) is 44.2 Å². The van der Waals surface area contributed by atoms with E-state index >= 15 is 0 Å². The Morgan fingerprint density at radius 2 is 1.73 bits per heavy atom. The highest BCUT2D eigenvalue weighted by Gasteiger charge is 2.34. The lowest BCUT2D eigenvalue weighted by Gasteiger charge is -2.37. The molecule has 0 spiro atoms. The van der Waals surface area contributed by atoms with Crippen molar-refractivity contribution in [2.75, 3.05) is 13.2 Å². The number of ether oxygens (including phenoxy) is 1. The summed E-state index contributed by atoms with van der Waals surface area (Å²) in [5, 5.41) is 3.11. The van der Waals surface area contributed by atoms with Gasteiger partial charge in [-0.15, -0.1) is 0 Å². The Balaban J connectivity index is 1.43. The molecule has 2 unspecified atom stereocenters. The van der Waals surface area contributed by atoms with Crippen LogP contribution in [-0.4, -0.2) is 35.9 Å². The molecule has 2 aromatic rings. The van der Waals surface area contributed by atoms with Gasteiger partial charge in [0.05, 0.1) is 6.61 Å². The van der Waals surface area contributed by atoms with E-state index < -0.39 is 6.04 Å². The van der Waals surface area contributed by atoms with Crippen molar-refractivity contribution in [2.45, 2.75) is 45.7 Å². The summed E-state index contributed by atoms with van der Waals surface area (Å²) in [4.78, 5) is 27.8. The molecule has 0 bridgehead atoms. The number of benzene rings is 2. The van der Waals surface area contributed by atoms with Crippen molar-refractivity contribution in [1.29, 1.82) is 0 Å². The first-order valence-electron chi connectivity index (χ1n) is 10.9. The molecule has 30 heavy (non-hydrogen) atoms. The molecule has 0 aliphatic carbocycles. The van der Waals surface area contributed by atoms with Crippen molar-refractivity contribution in [3.63, 3.8) is 0 Å². The number of fused-ring (bicyclic) bond motifs is 2. The lowest BCUT2D eigenvalue weighted by molar-refractivity contribution is -0.142. The van der Waals surface area contributed by atoms with Gasteiger partial charge in [0.25, 0.3) is 0 Å². The SMILES string of the molecule is CC(C)CC(=O)N1Cc2ccccc2CC1C(=O)NCC1COc2ccccc2C1. The van der Waals surface area contributed by atoms with Gasteiger partial charge in [0.1, 0.15) is 11.8 Å². The third kappa shape index (κ3) is 4.50. The van der Waals surface area contributed by atoms with E-state index in [-0.39, 0.29) is 23.7 Å². The number of carbonyl (C=O) groups is 2. The lowest BCUT2D eigenvalue weighted by atomic mass is 9.92. The van der Waals surface area contributed by atoms with Crippen LogP contribution in [-0.2, 0) is 29.0 Å². The molecule has 5 heteroatoms. The Bertz CT molecular complexity index is 924. The average molecular weight is 407 g/mol. The Kier molecular flexibility index (Phi) is 6.07. The first kappa shape index (κ1) is 20.5. The summed E-state index contributed by atoms with van der Waals surface area (Å²) in [6, 6.07) is 15.7. The van der Waals surface area contributed by atoms with Gasteiger partial charge in [-0.2, -0.15) is 0 Å². The normalized spacial score (nSPS) is 20.2. The molecule has 4 rings (SSSR count). The number of para-hydroxylation sites is 1. The molecule has 5 nitrogen and oxygen atoms in total. The molecular formula is C25H30N2O3. The number of nitrogens with one attached hydrogen (secondary N) is 1. The fourth-order valence-corrected chi connectivity index (χ4v) is 4.37. The maximum absolute atomic E-state index is 13.2. The van der Waals surface area contributed by atoms with Crippen molar-refractivity contribution in [2.24, 2.45) is 11.8 Å². The van der Waals surface area contributed by atoms with E-state index in [4.69, 9.17) is 4.74 Å². The Morgan fingerprint density at radius 1 is 1.03 bits per heavy atom. The van der Waals surface area contributed by atoms with E-state index in [0.717, 1.165) is 23.3 Å². The largest absolute Gasteiger partial charge is 0.493 e. The Morgan fingerprint density at radius 3 is 2.50 bits per heavy atom. The molecule has 0 saturated heterocycles. The second-order valence-electron chi connectivity index (χ2n) is 8.84. The quantitative estimate of drug-likeness (QED) is 0.828. The van der Waals surface area contributed by atoms with Crippen LogP contribution in [0.1, 0.15) is 37.0 Å². The topological polar surface area (TPSA) is 58.6 Å². The Hall–Kier alpha value is -2.82. The number of rotatable bonds is 5. The number of carbonyl (C=O) groups excluding carboxylic acids is 2. The van der Waals surface area contributed by atoms with Crippen LogP contribution in [0, 0.1) is 11.8 Å². The minimum atomic E-state index is -0.456. The van der Waals surface area contributed by atoms with Gasteiger partial charge in [0.15, 0.2) is 0 Å². The molecule has 2 aliphatic heterocycles. The van der Waals surface area contributed by atoms with Crippen molar-refractivity contribution < 1.29 is 14.3 Å². The van der Waals surface area contributed by atoms with E-state index in [1.54, 1.807) is 4.90 Å². The van der Waals surface area contributed by atoms with Gasteiger partial charge in [0.2, 0.25) is 11.8 Å². The first-order valence-corrected chi connectivity index (χ1v) is 10.9. The van der Waals surface area contributed by atoms with E-state index in [2.05, 4.69) is 23.5 Å². The van der Waals surface area contributed by atoms with Crippen molar-refractivity contribution >= 4 is 11.8 Å². The summed E-state index contributed by atoms with van der Waals surface area (Å²) in [5.41, 5.74) is 3.47. The van der Waals surface area contributed by atoms with Crippen molar-refractivity contribution in [3.05, 3.63) is 65.2 Å². The van der Waals surface area contributed by atoms with Gasteiger partial charge in [-0.05, 0) is 35.1 Å². The fourth-order valence-electron chi connectivity index (χ4n) is 4.37. The van der Waals surface area contributed by atoms with Gasteiger partial charge < -0.3 is 15.0 Å². The predicted molar refractivity (Wildman–Crippen MR) is 116 cm³/mol. The average Bonchev–Trinajstić information content (AvgIpc) is 2.76. The third-order valence-corrected chi connectivity index (χ3v) is 5.98. The highest BCUT2D eigenvalue weighted by molar-refractivity contribution is 5.88. The minimum absolute atomic E-state index is 0.0505. The number of nitrogens with zero attached hydrogens (tertiary/aromatic N) is 1. The minimum Gasteiger partial charge on any atom is -0.493 e. The maximum Gasteiger partial charge on any atom is 0.243 e. The molecule has 2 heterocycles. The van der Waals surface area contributed by atoms with Crippen LogP contribution in [0.25, 0.3) is 0 Å². The molecule has 158 valence electrons. The van der Waals surface area contributed by atoms with Gasteiger partial charge >= 0.3 is 0 Å². The standard InChI is InChI=1S/C25H30N2O3/c1-17(2)11-24(28)27-15-21-9-4-3-7-19(21)13-22(27)25(29)26-14-18-12-20-8-5-6-10-23(20)30-16-18/h3-10,17-18,22H,11-16H2,1-2H3,(H,26,29). The molecule has 2 atom stereocenters. The summed E-state index contributed by atoms with van der Waals surface area (Å²) in [5.74, 6) is 1.42. The summed E-state index contributed by atoms with van der Waals surface area (Å²) in [6.07, 6.45) is 1.91. The van der Waals surface area contributed by atoms with Crippen molar-refractivity contribution in [3.8, 4) is 5.75 Å². The number of hydrogen-bond donors (Lipinski definition) is 1. The monoisotopic (exact) mass is 406 g/mol. The second-order valence-corrected chi connectivity index (χ2v) is 8.84. The number of amides is 2. The zero-order valence-electron chi connectivity index (χ0n) is 17.8. The Labute approximate surface area is 178 Å². The second kappa shape index (κ2) is 8.90. The van der Waals surface area contributed by atoms with Gasteiger partial charge in [0, 0.05) is 31.8 Å². The van der Waals surface area contributed by atoms with Crippen LogP contribution in [0.15, 0.2) is 48.5 Å². The highest BCUT2D eigenvalue weighted by Crippen LogP contribution is 2.27. The van der Waals surface area contributed by atoms with Crippen LogP contribution in [0.2, 0.25) is 0 Å². The summed E-state index contributed by atoms with van der Waals surface area (Å²) in [6.45, 7) is 5.72. The lowest BCUT2D eigenvalue weighted by Crippen LogP contribution is -2.53. The van der Waals surface area contributed by atoms with Crippen LogP contribution in [0.3, 0.4) is 0 Å². The molecule has 0 aromatic heterocycles. The van der Waals surface area contributed by atoms with E-state index in [1.165, 1.54) is 5.56 Å². The third-order valence-electron chi connectivity index (χ3n) is 5.98. The van der Waals surface area contributed by atoms with Gasteiger partial charge in [-0.3, -0.25) is 9.59 Å². The highest BCUT2D eigenvalue weighted by atomic mass is 16.5. The maximum atomic E-state index is 13.2. The molecule has 2 aromatic carbocycles. The predicted octanol–water partition coefficient (Wildman–Crippen LogP) is 3.35. The molecule has 2 amide bonds. The zero-order valence-corrected chi connectivity index (χ0v) is 17.8.